The number of nitrogens with zero attached hydrogens (tertiary/aromatic N) is 2. The molecule has 2 aromatic rings. The summed E-state index contributed by atoms with van der Waals surface area (Å²) >= 11 is 0. The SMILES string of the molecule is Cc1nc2[nH]n(C)c(=O)c2c(C)c1CC(=O)NCC(O)C1CCCC1. The first-order chi connectivity index (χ1) is 11.9. The molecule has 0 bridgehead atoms. The summed E-state index contributed by atoms with van der Waals surface area (Å²) in [6.45, 7) is 3.97. The number of rotatable bonds is 5. The minimum atomic E-state index is -0.480. The van der Waals surface area contributed by atoms with Crippen LogP contribution in [0.5, 0.6) is 0 Å². The average molecular weight is 346 g/mol. The molecule has 0 saturated heterocycles. The molecule has 1 fully saturated rings. The quantitative estimate of drug-likeness (QED) is 0.754. The zero-order valence-corrected chi connectivity index (χ0v) is 15.1. The summed E-state index contributed by atoms with van der Waals surface area (Å²) in [6.07, 6.45) is 4.06. The van der Waals surface area contributed by atoms with Crippen LogP contribution in [0.25, 0.3) is 11.0 Å². The predicted molar refractivity (Wildman–Crippen MR) is 95.5 cm³/mol. The number of aliphatic hydroxyl groups is 1. The number of aryl methyl sites for hydroxylation is 3. The summed E-state index contributed by atoms with van der Waals surface area (Å²) in [5, 5.41) is 16.4. The molecule has 1 unspecified atom stereocenters. The molecule has 25 heavy (non-hydrogen) atoms. The number of carbonyl (C=O) groups excluding carboxylic acids is 1. The number of hydrogen-bond acceptors (Lipinski definition) is 4. The van der Waals surface area contributed by atoms with E-state index >= 15 is 0 Å². The highest BCUT2D eigenvalue weighted by Crippen LogP contribution is 2.27. The zero-order chi connectivity index (χ0) is 18.1. The first-order valence-corrected chi connectivity index (χ1v) is 8.88. The Hall–Kier alpha value is -2.15. The smallest absolute Gasteiger partial charge is 0.276 e. The number of carbonyl (C=O) groups is 1. The molecule has 7 heteroatoms. The Morgan fingerprint density at radius 2 is 2.08 bits per heavy atom. The van der Waals surface area contributed by atoms with E-state index in [1.165, 1.54) is 4.68 Å². The van der Waals surface area contributed by atoms with Crippen LogP contribution in [-0.2, 0) is 18.3 Å². The van der Waals surface area contributed by atoms with Gasteiger partial charge < -0.3 is 10.4 Å². The van der Waals surface area contributed by atoms with Crippen LogP contribution in [0.15, 0.2) is 4.79 Å². The van der Waals surface area contributed by atoms with Gasteiger partial charge in [-0.25, -0.2) is 4.98 Å². The first-order valence-electron chi connectivity index (χ1n) is 8.88. The van der Waals surface area contributed by atoms with Gasteiger partial charge in [-0.1, -0.05) is 12.8 Å². The Kier molecular flexibility index (Phi) is 4.94. The third-order valence-electron chi connectivity index (χ3n) is 5.36. The Morgan fingerprint density at radius 1 is 1.40 bits per heavy atom. The van der Waals surface area contributed by atoms with Crippen molar-refractivity contribution in [2.45, 2.75) is 52.1 Å². The van der Waals surface area contributed by atoms with Gasteiger partial charge in [0, 0.05) is 19.3 Å². The van der Waals surface area contributed by atoms with E-state index in [0.717, 1.165) is 42.5 Å². The molecular weight excluding hydrogens is 320 g/mol. The van der Waals surface area contributed by atoms with Crippen LogP contribution in [0.3, 0.4) is 0 Å². The molecule has 1 aliphatic carbocycles. The average Bonchev–Trinajstić information content (AvgIpc) is 3.18. The van der Waals surface area contributed by atoms with Gasteiger partial charge in [-0.05, 0) is 43.7 Å². The second kappa shape index (κ2) is 7.00. The standard InChI is InChI=1S/C18H26N4O3/c1-10-13(11(2)20-17-16(10)18(25)22(3)21-17)8-15(24)19-9-14(23)12-6-4-5-7-12/h12,14,23H,4-9H2,1-3H3,(H,19,24)(H,20,21). The molecule has 3 rings (SSSR count). The summed E-state index contributed by atoms with van der Waals surface area (Å²) in [5.41, 5.74) is 2.70. The topological polar surface area (TPSA) is 100 Å². The molecule has 1 atom stereocenters. The lowest BCUT2D eigenvalue weighted by Crippen LogP contribution is -2.36. The maximum atomic E-state index is 12.3. The zero-order valence-electron chi connectivity index (χ0n) is 15.1. The number of fused-ring (bicyclic) bond motifs is 1. The third-order valence-corrected chi connectivity index (χ3v) is 5.36. The van der Waals surface area contributed by atoms with E-state index in [9.17, 15) is 14.7 Å². The summed E-state index contributed by atoms with van der Waals surface area (Å²) in [7, 11) is 1.65. The third kappa shape index (κ3) is 3.46. The van der Waals surface area contributed by atoms with Gasteiger partial charge in [0.15, 0.2) is 5.65 Å². The number of aromatic amines is 1. The maximum Gasteiger partial charge on any atom is 0.276 e. The number of amides is 1. The lowest BCUT2D eigenvalue weighted by Gasteiger charge is -2.18. The summed E-state index contributed by atoms with van der Waals surface area (Å²) in [4.78, 5) is 29.0. The van der Waals surface area contributed by atoms with Gasteiger partial charge in [0.25, 0.3) is 5.56 Å². The van der Waals surface area contributed by atoms with Gasteiger partial charge in [-0.15, -0.1) is 0 Å². The van der Waals surface area contributed by atoms with Gasteiger partial charge in [0.2, 0.25) is 5.91 Å². The molecular formula is C18H26N4O3. The van der Waals surface area contributed by atoms with E-state index in [-0.39, 0.29) is 24.4 Å². The lowest BCUT2D eigenvalue weighted by molar-refractivity contribution is -0.121. The molecule has 2 heterocycles. The molecule has 2 aromatic heterocycles. The fourth-order valence-electron chi connectivity index (χ4n) is 3.82. The summed E-state index contributed by atoms with van der Waals surface area (Å²) in [6, 6.07) is 0. The summed E-state index contributed by atoms with van der Waals surface area (Å²) < 4.78 is 1.39. The molecule has 0 aliphatic heterocycles. The number of aliphatic hydroxyl groups excluding tert-OH is 1. The Morgan fingerprint density at radius 3 is 2.76 bits per heavy atom. The monoisotopic (exact) mass is 346 g/mol. The molecule has 136 valence electrons. The van der Waals surface area contributed by atoms with Gasteiger partial charge in [-0.3, -0.25) is 19.4 Å². The van der Waals surface area contributed by atoms with E-state index in [0.29, 0.717) is 17.0 Å². The molecule has 1 saturated carbocycles. The van der Waals surface area contributed by atoms with E-state index in [4.69, 9.17) is 0 Å². The number of aromatic nitrogens is 3. The molecule has 0 radical (unpaired) electrons. The van der Waals surface area contributed by atoms with Crippen molar-refractivity contribution in [3.05, 3.63) is 27.2 Å². The second-order valence-electron chi connectivity index (χ2n) is 7.09. The Balaban J connectivity index is 1.72. The molecule has 1 amide bonds. The molecule has 7 nitrogen and oxygen atoms in total. The number of hydrogen-bond donors (Lipinski definition) is 3. The highest BCUT2D eigenvalue weighted by atomic mass is 16.3. The van der Waals surface area contributed by atoms with Crippen LogP contribution >= 0.6 is 0 Å². The van der Waals surface area contributed by atoms with Crippen LogP contribution in [0.1, 0.15) is 42.5 Å². The van der Waals surface area contributed by atoms with Crippen molar-refractivity contribution in [2.24, 2.45) is 13.0 Å². The van der Waals surface area contributed by atoms with Crippen molar-refractivity contribution in [2.75, 3.05) is 6.54 Å². The van der Waals surface area contributed by atoms with Gasteiger partial charge >= 0.3 is 0 Å². The van der Waals surface area contributed by atoms with Crippen LogP contribution in [0, 0.1) is 19.8 Å². The fourth-order valence-corrected chi connectivity index (χ4v) is 3.82. The normalized spacial score (nSPS) is 16.5. The highest BCUT2D eigenvalue weighted by Gasteiger charge is 2.24. The van der Waals surface area contributed by atoms with E-state index in [1.54, 1.807) is 7.05 Å². The van der Waals surface area contributed by atoms with Crippen LogP contribution in [0.4, 0.5) is 0 Å². The van der Waals surface area contributed by atoms with E-state index < -0.39 is 6.10 Å². The fraction of sp³-hybridized carbons (Fsp3) is 0.611. The number of H-pyrrole nitrogens is 1. The van der Waals surface area contributed by atoms with E-state index in [2.05, 4.69) is 15.4 Å². The van der Waals surface area contributed by atoms with E-state index in [1.807, 2.05) is 13.8 Å². The number of nitrogens with one attached hydrogen (secondary N) is 2. The number of pyridine rings is 1. The van der Waals surface area contributed by atoms with Gasteiger partial charge in [0.1, 0.15) is 0 Å². The van der Waals surface area contributed by atoms with Crippen LogP contribution in [0.2, 0.25) is 0 Å². The van der Waals surface area contributed by atoms with Crippen molar-refractivity contribution < 1.29 is 9.90 Å². The Bertz CT molecular complexity index is 846. The molecule has 1 aliphatic rings. The van der Waals surface area contributed by atoms with Crippen LogP contribution in [-0.4, -0.2) is 38.4 Å². The second-order valence-corrected chi connectivity index (χ2v) is 7.09. The van der Waals surface area contributed by atoms with Crippen molar-refractivity contribution in [3.8, 4) is 0 Å². The lowest BCUT2D eigenvalue weighted by atomic mass is 10.00. The molecule has 3 N–H and O–H groups in total. The van der Waals surface area contributed by atoms with Crippen LogP contribution < -0.4 is 10.9 Å². The minimum absolute atomic E-state index is 0.140. The largest absolute Gasteiger partial charge is 0.391 e. The Labute approximate surface area is 146 Å². The van der Waals surface area contributed by atoms with Gasteiger partial charge in [-0.2, -0.15) is 0 Å². The summed E-state index contributed by atoms with van der Waals surface area (Å²) in [5.74, 6) is 0.140. The first kappa shape index (κ1) is 17.7. The minimum Gasteiger partial charge on any atom is -0.391 e. The molecule has 0 aromatic carbocycles. The van der Waals surface area contributed by atoms with Crippen molar-refractivity contribution >= 4 is 16.9 Å². The molecule has 0 spiro atoms. The maximum absolute atomic E-state index is 12.3. The predicted octanol–water partition coefficient (Wildman–Crippen LogP) is 1.09. The van der Waals surface area contributed by atoms with Crippen molar-refractivity contribution in [1.29, 1.82) is 0 Å². The van der Waals surface area contributed by atoms with Crippen molar-refractivity contribution in [1.82, 2.24) is 20.1 Å². The highest BCUT2D eigenvalue weighted by molar-refractivity contribution is 5.84. The van der Waals surface area contributed by atoms with Crippen molar-refractivity contribution in [3.63, 3.8) is 0 Å². The van der Waals surface area contributed by atoms with Gasteiger partial charge in [0.05, 0.1) is 17.9 Å².